The van der Waals surface area contributed by atoms with Gasteiger partial charge in [0.15, 0.2) is 0 Å². The van der Waals surface area contributed by atoms with Gasteiger partial charge in [0, 0.05) is 31.0 Å². The second-order valence-electron chi connectivity index (χ2n) is 3.71. The topological polar surface area (TPSA) is 94.5 Å². The molecule has 7 heteroatoms. The van der Waals surface area contributed by atoms with Crippen LogP contribution in [0.3, 0.4) is 0 Å². The molecule has 0 fully saturated rings. The molecule has 3 N–H and O–H groups in total. The molecule has 2 rings (SSSR count). The summed E-state index contributed by atoms with van der Waals surface area (Å²) in [7, 11) is 0. The van der Waals surface area contributed by atoms with Gasteiger partial charge in [-0.1, -0.05) is 5.21 Å². The van der Waals surface area contributed by atoms with Gasteiger partial charge in [-0.15, -0.1) is 5.10 Å². The van der Waals surface area contributed by atoms with Gasteiger partial charge in [-0.2, -0.15) is 4.98 Å². The quantitative estimate of drug-likeness (QED) is 0.728. The number of aryl methyl sites for hydroxylation is 2. The monoisotopic (exact) mass is 233 g/mol. The molecule has 2 heterocycles. The first-order chi connectivity index (χ1) is 8.25. The van der Waals surface area contributed by atoms with E-state index in [0.717, 1.165) is 30.9 Å². The first-order valence-electron chi connectivity index (χ1n) is 5.43. The predicted molar refractivity (Wildman–Crippen MR) is 64.3 cm³/mol. The van der Waals surface area contributed by atoms with Crippen LogP contribution in [0.5, 0.6) is 0 Å². The second kappa shape index (κ2) is 5.24. The minimum atomic E-state index is 0.286. The van der Waals surface area contributed by atoms with Crippen molar-refractivity contribution in [2.45, 2.75) is 19.9 Å². The summed E-state index contributed by atoms with van der Waals surface area (Å²) in [6.45, 7) is 3.57. The van der Waals surface area contributed by atoms with Crippen LogP contribution in [-0.2, 0) is 6.54 Å². The molecule has 0 amide bonds. The fraction of sp³-hybridized carbons (Fsp3) is 0.400. The highest BCUT2D eigenvalue weighted by Gasteiger charge is 2.00. The van der Waals surface area contributed by atoms with Crippen LogP contribution < -0.4 is 11.1 Å². The Bertz CT molecular complexity index is 466. The smallest absolute Gasteiger partial charge is 0.221 e. The van der Waals surface area contributed by atoms with E-state index >= 15 is 0 Å². The molecule has 90 valence electrons. The third kappa shape index (κ3) is 3.13. The number of hydrogen-bond donors (Lipinski definition) is 2. The van der Waals surface area contributed by atoms with Crippen LogP contribution in [0.25, 0.3) is 0 Å². The van der Waals surface area contributed by atoms with E-state index in [1.54, 1.807) is 17.1 Å². The van der Waals surface area contributed by atoms with E-state index in [-0.39, 0.29) is 5.95 Å². The summed E-state index contributed by atoms with van der Waals surface area (Å²) in [5, 5.41) is 10.8. The van der Waals surface area contributed by atoms with E-state index in [4.69, 9.17) is 5.73 Å². The number of nitrogens with one attached hydrogen (secondary N) is 1. The van der Waals surface area contributed by atoms with Crippen molar-refractivity contribution >= 4 is 11.8 Å². The molecule has 0 saturated carbocycles. The molecule has 7 nitrogen and oxygen atoms in total. The van der Waals surface area contributed by atoms with Crippen molar-refractivity contribution in [2.24, 2.45) is 0 Å². The van der Waals surface area contributed by atoms with Crippen molar-refractivity contribution in [3.05, 3.63) is 24.2 Å². The fourth-order valence-corrected chi connectivity index (χ4v) is 1.43. The number of nitrogen functional groups attached to an aromatic ring is 1. The van der Waals surface area contributed by atoms with Gasteiger partial charge in [-0.05, 0) is 13.3 Å². The van der Waals surface area contributed by atoms with E-state index in [1.807, 2.05) is 13.1 Å². The summed E-state index contributed by atoms with van der Waals surface area (Å²) in [6, 6.07) is 0. The van der Waals surface area contributed by atoms with Crippen molar-refractivity contribution in [3.8, 4) is 0 Å². The maximum Gasteiger partial charge on any atom is 0.221 e. The highest BCUT2D eigenvalue weighted by atomic mass is 15.4. The lowest BCUT2D eigenvalue weighted by molar-refractivity contribution is 0.569. The van der Waals surface area contributed by atoms with Crippen LogP contribution in [0.1, 0.15) is 12.0 Å². The van der Waals surface area contributed by atoms with Gasteiger partial charge in [0.05, 0.1) is 6.20 Å². The van der Waals surface area contributed by atoms with Crippen LogP contribution in [0, 0.1) is 6.92 Å². The van der Waals surface area contributed by atoms with Crippen molar-refractivity contribution in [1.82, 2.24) is 25.0 Å². The number of hydrogen-bond acceptors (Lipinski definition) is 6. The highest BCUT2D eigenvalue weighted by Crippen LogP contribution is 2.10. The Morgan fingerprint density at radius 1 is 1.47 bits per heavy atom. The molecular formula is C10H15N7. The number of nitrogens with two attached hydrogens (primary N) is 1. The zero-order chi connectivity index (χ0) is 12.1. The van der Waals surface area contributed by atoms with E-state index in [1.165, 1.54) is 0 Å². The lowest BCUT2D eigenvalue weighted by Crippen LogP contribution is -2.10. The van der Waals surface area contributed by atoms with Crippen molar-refractivity contribution in [2.75, 3.05) is 17.6 Å². The predicted octanol–water partition coefficient (Wildman–Crippen LogP) is 0.461. The Morgan fingerprint density at radius 2 is 2.35 bits per heavy atom. The van der Waals surface area contributed by atoms with E-state index < -0.39 is 0 Å². The summed E-state index contributed by atoms with van der Waals surface area (Å²) >= 11 is 0. The molecule has 0 aromatic carbocycles. The molecular weight excluding hydrogens is 218 g/mol. The SMILES string of the molecule is Cc1cnc(N)nc1NCCCn1ccnn1. The lowest BCUT2D eigenvalue weighted by atomic mass is 10.3. The Labute approximate surface area is 99.1 Å². The first kappa shape index (κ1) is 11.3. The van der Waals surface area contributed by atoms with Gasteiger partial charge >= 0.3 is 0 Å². The minimum absolute atomic E-state index is 0.286. The van der Waals surface area contributed by atoms with Gasteiger partial charge in [-0.3, -0.25) is 4.68 Å². The standard InChI is InChI=1S/C10H15N7/c1-8-7-13-10(11)15-9(8)12-3-2-5-17-6-4-14-16-17/h4,6-7H,2-3,5H2,1H3,(H3,11,12,13,15). The molecule has 0 aliphatic carbocycles. The zero-order valence-electron chi connectivity index (χ0n) is 9.67. The van der Waals surface area contributed by atoms with Crippen LogP contribution in [0.15, 0.2) is 18.6 Å². The third-order valence-corrected chi connectivity index (χ3v) is 2.32. The van der Waals surface area contributed by atoms with E-state index in [2.05, 4.69) is 25.6 Å². The average Bonchev–Trinajstić information content (AvgIpc) is 2.82. The summed E-state index contributed by atoms with van der Waals surface area (Å²) in [6.07, 6.45) is 6.16. The molecule has 0 saturated heterocycles. The molecule has 17 heavy (non-hydrogen) atoms. The number of nitrogens with zero attached hydrogens (tertiary/aromatic N) is 5. The van der Waals surface area contributed by atoms with Gasteiger partial charge in [-0.25, -0.2) is 4.98 Å². The molecule has 0 radical (unpaired) electrons. The molecule has 0 spiro atoms. The minimum Gasteiger partial charge on any atom is -0.370 e. The van der Waals surface area contributed by atoms with Crippen LogP contribution in [-0.4, -0.2) is 31.5 Å². The summed E-state index contributed by atoms with van der Waals surface area (Å²) in [5.41, 5.74) is 6.51. The molecule has 2 aromatic heterocycles. The van der Waals surface area contributed by atoms with E-state index in [0.29, 0.717) is 0 Å². The number of anilines is 2. The Morgan fingerprint density at radius 3 is 3.12 bits per heavy atom. The molecule has 0 unspecified atom stereocenters. The normalized spacial score (nSPS) is 10.4. The molecule has 0 aliphatic rings. The van der Waals surface area contributed by atoms with Crippen LogP contribution in [0.2, 0.25) is 0 Å². The maximum absolute atomic E-state index is 5.52. The van der Waals surface area contributed by atoms with Crippen molar-refractivity contribution in [3.63, 3.8) is 0 Å². The summed E-state index contributed by atoms with van der Waals surface area (Å²) in [5.74, 6) is 1.07. The van der Waals surface area contributed by atoms with Crippen LogP contribution in [0.4, 0.5) is 11.8 Å². The lowest BCUT2D eigenvalue weighted by Gasteiger charge is -2.08. The first-order valence-corrected chi connectivity index (χ1v) is 5.43. The van der Waals surface area contributed by atoms with Gasteiger partial charge in [0.1, 0.15) is 5.82 Å². The number of rotatable bonds is 5. The van der Waals surface area contributed by atoms with Gasteiger partial charge in [0.25, 0.3) is 0 Å². The maximum atomic E-state index is 5.52. The second-order valence-corrected chi connectivity index (χ2v) is 3.71. The third-order valence-electron chi connectivity index (χ3n) is 2.32. The average molecular weight is 233 g/mol. The molecule has 0 aliphatic heterocycles. The van der Waals surface area contributed by atoms with Crippen LogP contribution >= 0.6 is 0 Å². The number of aromatic nitrogens is 5. The summed E-state index contributed by atoms with van der Waals surface area (Å²) < 4.78 is 1.79. The van der Waals surface area contributed by atoms with Gasteiger partial charge < -0.3 is 11.1 Å². The zero-order valence-corrected chi connectivity index (χ0v) is 9.67. The summed E-state index contributed by atoms with van der Waals surface area (Å²) in [4.78, 5) is 8.04. The fourth-order valence-electron chi connectivity index (χ4n) is 1.43. The van der Waals surface area contributed by atoms with Gasteiger partial charge in [0.2, 0.25) is 5.95 Å². The molecule has 0 atom stereocenters. The Balaban J connectivity index is 1.80. The largest absolute Gasteiger partial charge is 0.370 e. The Hall–Kier alpha value is -2.18. The molecule has 0 bridgehead atoms. The van der Waals surface area contributed by atoms with Crippen molar-refractivity contribution < 1.29 is 0 Å². The molecule has 2 aromatic rings. The Kier molecular flexibility index (Phi) is 3.49. The van der Waals surface area contributed by atoms with E-state index in [9.17, 15) is 0 Å². The highest BCUT2D eigenvalue weighted by molar-refractivity contribution is 5.44. The van der Waals surface area contributed by atoms with Crippen molar-refractivity contribution in [1.29, 1.82) is 0 Å².